The van der Waals surface area contributed by atoms with Gasteiger partial charge in [0.05, 0.1) is 12.7 Å². The van der Waals surface area contributed by atoms with E-state index < -0.39 is 0 Å². The van der Waals surface area contributed by atoms with Crippen LogP contribution in [0.15, 0.2) is 23.9 Å². The lowest BCUT2D eigenvalue weighted by atomic mass is 9.94. The second kappa shape index (κ2) is 6.55. The summed E-state index contributed by atoms with van der Waals surface area (Å²) in [6.45, 7) is 0.819. The van der Waals surface area contributed by atoms with Crippen molar-refractivity contribution in [1.82, 2.24) is 25.5 Å². The van der Waals surface area contributed by atoms with E-state index in [2.05, 4.69) is 38.6 Å². The van der Waals surface area contributed by atoms with Gasteiger partial charge in [-0.1, -0.05) is 12.2 Å². The molecule has 0 radical (unpaired) electrons. The maximum absolute atomic E-state index is 5.14. The summed E-state index contributed by atoms with van der Waals surface area (Å²) in [6.07, 6.45) is 16.9. The molecule has 3 heterocycles. The van der Waals surface area contributed by atoms with Crippen LogP contribution in [0.2, 0.25) is 0 Å². The van der Waals surface area contributed by atoms with Crippen LogP contribution in [0.3, 0.4) is 0 Å². The molecule has 1 atom stereocenters. The maximum Gasteiger partial charge on any atom is 0.182 e. The van der Waals surface area contributed by atoms with Crippen LogP contribution in [0.1, 0.15) is 54.6 Å². The van der Waals surface area contributed by atoms with E-state index in [1.54, 1.807) is 0 Å². The fourth-order valence-corrected chi connectivity index (χ4v) is 5.14. The number of fused-ring (bicyclic) bond motifs is 3. The van der Waals surface area contributed by atoms with Gasteiger partial charge in [0.25, 0.3) is 0 Å². The zero-order valence-corrected chi connectivity index (χ0v) is 16.2. The number of aryl methyl sites for hydroxylation is 2. The minimum atomic E-state index is 0.404. The third-order valence-electron chi connectivity index (χ3n) is 6.62. The molecule has 0 amide bonds. The zero-order valence-electron chi connectivity index (χ0n) is 16.2. The minimum Gasteiger partial charge on any atom is -0.315 e. The average molecular weight is 374 g/mol. The van der Waals surface area contributed by atoms with E-state index >= 15 is 0 Å². The summed E-state index contributed by atoms with van der Waals surface area (Å²) in [6, 6.07) is 0.404. The molecular weight excluding hydrogens is 348 g/mol. The molecule has 1 saturated heterocycles. The van der Waals surface area contributed by atoms with Crippen molar-refractivity contribution in [2.75, 3.05) is 11.6 Å². The summed E-state index contributed by atoms with van der Waals surface area (Å²) in [5, 5.41) is 11.6. The molecule has 1 unspecified atom stereocenters. The summed E-state index contributed by atoms with van der Waals surface area (Å²) in [4.78, 5) is 12.5. The highest BCUT2D eigenvalue weighted by Gasteiger charge is 2.33. The first-order chi connectivity index (χ1) is 13.9. The topological polar surface area (TPSA) is 69.7 Å². The van der Waals surface area contributed by atoms with E-state index in [9.17, 15) is 0 Å². The first-order valence-corrected chi connectivity index (χ1v) is 10.7. The number of nitrogens with one attached hydrogen (secondary N) is 2. The van der Waals surface area contributed by atoms with E-state index in [1.807, 2.05) is 0 Å². The molecule has 4 aliphatic rings. The Bertz CT molecular complexity index is 985. The second-order valence-electron chi connectivity index (χ2n) is 8.34. The Hall–Kier alpha value is -2.47. The molecule has 1 aliphatic heterocycles. The molecule has 2 aromatic heterocycles. The van der Waals surface area contributed by atoms with Crippen LogP contribution in [-0.4, -0.2) is 32.9 Å². The molecule has 3 aliphatic carbocycles. The Balaban J connectivity index is 1.49. The van der Waals surface area contributed by atoms with Crippen LogP contribution >= 0.6 is 0 Å². The van der Waals surface area contributed by atoms with E-state index in [4.69, 9.17) is 9.97 Å². The van der Waals surface area contributed by atoms with E-state index in [0.29, 0.717) is 6.04 Å². The minimum absolute atomic E-state index is 0.404. The number of rotatable bonds is 2. The van der Waals surface area contributed by atoms with Crippen molar-refractivity contribution in [3.05, 3.63) is 46.4 Å². The van der Waals surface area contributed by atoms with E-state index in [-0.39, 0.29) is 0 Å². The van der Waals surface area contributed by atoms with Gasteiger partial charge in [-0.15, -0.1) is 0 Å². The molecule has 28 heavy (non-hydrogen) atoms. The third-order valence-corrected chi connectivity index (χ3v) is 6.62. The number of H-pyrrole nitrogens is 1. The van der Waals surface area contributed by atoms with E-state index in [0.717, 1.165) is 56.1 Å². The number of hydrogen-bond acceptors (Lipinski definition) is 5. The van der Waals surface area contributed by atoms with Gasteiger partial charge >= 0.3 is 0 Å². The van der Waals surface area contributed by atoms with Crippen LogP contribution in [-0.2, 0) is 25.7 Å². The average Bonchev–Trinajstić information content (AvgIpc) is 3.37. The smallest absolute Gasteiger partial charge is 0.182 e. The Morgan fingerprint density at radius 2 is 1.82 bits per heavy atom. The molecule has 0 aromatic carbocycles. The summed E-state index contributed by atoms with van der Waals surface area (Å²) >= 11 is 0. The van der Waals surface area contributed by atoms with Crippen molar-refractivity contribution in [2.24, 2.45) is 0 Å². The molecule has 1 fully saturated rings. The highest BCUT2D eigenvalue weighted by Crippen LogP contribution is 2.36. The number of aromatic amines is 1. The Kier molecular flexibility index (Phi) is 3.86. The van der Waals surface area contributed by atoms with Crippen molar-refractivity contribution in [1.29, 1.82) is 0 Å². The molecule has 0 spiro atoms. The third kappa shape index (κ3) is 2.54. The monoisotopic (exact) mass is 374 g/mol. The SMILES string of the molecule is C1=CCC2NCN(c3nc(-c4n[nH]c5c4CCCC5)nc4c3CCCC4)C2=C1. The predicted molar refractivity (Wildman–Crippen MR) is 109 cm³/mol. The first kappa shape index (κ1) is 16.5. The van der Waals surface area contributed by atoms with Crippen molar-refractivity contribution in [3.63, 3.8) is 0 Å². The van der Waals surface area contributed by atoms with Gasteiger partial charge in [0.15, 0.2) is 5.82 Å². The van der Waals surface area contributed by atoms with Crippen molar-refractivity contribution >= 4 is 5.82 Å². The Morgan fingerprint density at radius 1 is 0.964 bits per heavy atom. The normalized spacial score (nSPS) is 23.2. The fraction of sp³-hybridized carbons (Fsp3) is 0.500. The first-order valence-electron chi connectivity index (χ1n) is 10.7. The number of nitrogens with zero attached hydrogens (tertiary/aromatic N) is 4. The van der Waals surface area contributed by atoms with Gasteiger partial charge < -0.3 is 4.90 Å². The number of hydrogen-bond donors (Lipinski definition) is 2. The summed E-state index contributed by atoms with van der Waals surface area (Å²) < 4.78 is 0. The molecule has 2 N–H and O–H groups in total. The molecule has 6 rings (SSSR count). The Morgan fingerprint density at radius 3 is 2.79 bits per heavy atom. The summed E-state index contributed by atoms with van der Waals surface area (Å²) in [5.41, 5.74) is 7.51. The Labute approximate surface area is 165 Å². The van der Waals surface area contributed by atoms with E-state index in [1.165, 1.54) is 53.9 Å². The number of anilines is 1. The van der Waals surface area contributed by atoms with Crippen molar-refractivity contribution in [2.45, 2.75) is 63.8 Å². The maximum atomic E-state index is 5.14. The number of aromatic nitrogens is 4. The quantitative estimate of drug-likeness (QED) is 0.845. The molecule has 6 nitrogen and oxygen atoms in total. The lowest BCUT2D eigenvalue weighted by molar-refractivity contribution is 0.658. The highest BCUT2D eigenvalue weighted by molar-refractivity contribution is 5.65. The zero-order chi connectivity index (χ0) is 18.5. The standard InChI is InChI=1S/C22H26N6/c1-4-10-17-14(7-1)20(27-26-17)21-24-16-9-3-2-8-15(16)22(25-21)28-13-23-18-11-5-6-12-19(18)28/h5-6,12,18,23H,1-4,7-11,13H2,(H,26,27). The molecule has 6 heteroatoms. The lowest BCUT2D eigenvalue weighted by Crippen LogP contribution is -2.25. The molecule has 144 valence electrons. The largest absolute Gasteiger partial charge is 0.315 e. The van der Waals surface area contributed by atoms with Gasteiger partial charge in [-0.05, 0) is 63.9 Å². The van der Waals surface area contributed by atoms with Gasteiger partial charge in [0.2, 0.25) is 0 Å². The fourth-order valence-electron chi connectivity index (χ4n) is 5.14. The predicted octanol–water partition coefficient (Wildman–Crippen LogP) is 3.20. The van der Waals surface area contributed by atoms with Crippen LogP contribution < -0.4 is 10.2 Å². The van der Waals surface area contributed by atoms with Gasteiger partial charge in [-0.25, -0.2) is 9.97 Å². The number of allylic oxidation sites excluding steroid dienone is 2. The molecule has 0 saturated carbocycles. The second-order valence-corrected chi connectivity index (χ2v) is 8.34. The van der Waals surface area contributed by atoms with Crippen LogP contribution in [0.25, 0.3) is 11.5 Å². The summed E-state index contributed by atoms with van der Waals surface area (Å²) in [7, 11) is 0. The van der Waals surface area contributed by atoms with Crippen LogP contribution in [0, 0.1) is 0 Å². The van der Waals surface area contributed by atoms with Gasteiger partial charge in [-0.3, -0.25) is 10.4 Å². The molecule has 0 bridgehead atoms. The van der Waals surface area contributed by atoms with Crippen LogP contribution in [0.5, 0.6) is 0 Å². The molecular formula is C22H26N6. The summed E-state index contributed by atoms with van der Waals surface area (Å²) in [5.74, 6) is 1.91. The van der Waals surface area contributed by atoms with Gasteiger partial charge in [0.1, 0.15) is 11.5 Å². The van der Waals surface area contributed by atoms with Crippen molar-refractivity contribution in [3.8, 4) is 11.5 Å². The van der Waals surface area contributed by atoms with Gasteiger partial charge in [0, 0.05) is 28.2 Å². The lowest BCUT2D eigenvalue weighted by Gasteiger charge is -2.27. The molecule has 2 aromatic rings. The van der Waals surface area contributed by atoms with Crippen molar-refractivity contribution < 1.29 is 0 Å². The van der Waals surface area contributed by atoms with Gasteiger partial charge in [-0.2, -0.15) is 5.10 Å². The highest BCUT2D eigenvalue weighted by atomic mass is 15.3. The van der Waals surface area contributed by atoms with Crippen LogP contribution in [0.4, 0.5) is 5.82 Å².